The zero-order chi connectivity index (χ0) is 24.9. The van der Waals surface area contributed by atoms with Gasteiger partial charge in [-0.25, -0.2) is 8.42 Å². The standard InChI is InChI=1S/C26H29ClN2O4S/c1-18-5-11-23(12-6-18)33-17-21(4)28-26(30)16-29(25-15-22(27)10-9-20(25)3)34(31,32)24-13-7-19(2)8-14-24/h5-15,21H,16-17H2,1-4H3,(H,28,30). The number of rotatable bonds is 9. The maximum atomic E-state index is 13.5. The van der Waals surface area contributed by atoms with Crippen molar-refractivity contribution in [1.82, 2.24) is 5.32 Å². The van der Waals surface area contributed by atoms with Crippen LogP contribution in [0.1, 0.15) is 23.6 Å². The van der Waals surface area contributed by atoms with Crippen LogP contribution in [0.4, 0.5) is 5.69 Å². The lowest BCUT2D eigenvalue weighted by molar-refractivity contribution is -0.120. The fourth-order valence-electron chi connectivity index (χ4n) is 3.34. The van der Waals surface area contributed by atoms with Gasteiger partial charge in [-0.15, -0.1) is 0 Å². The maximum absolute atomic E-state index is 13.5. The van der Waals surface area contributed by atoms with Gasteiger partial charge in [0.15, 0.2) is 0 Å². The molecule has 1 N–H and O–H groups in total. The van der Waals surface area contributed by atoms with Gasteiger partial charge in [0.1, 0.15) is 18.9 Å². The fraction of sp³-hybridized carbons (Fsp3) is 0.269. The highest BCUT2D eigenvalue weighted by atomic mass is 35.5. The number of nitrogens with zero attached hydrogens (tertiary/aromatic N) is 1. The van der Waals surface area contributed by atoms with Gasteiger partial charge >= 0.3 is 0 Å². The molecular weight excluding hydrogens is 472 g/mol. The number of nitrogens with one attached hydrogen (secondary N) is 1. The second-order valence-electron chi connectivity index (χ2n) is 8.35. The van der Waals surface area contributed by atoms with Gasteiger partial charge in [0.05, 0.1) is 16.6 Å². The number of anilines is 1. The van der Waals surface area contributed by atoms with Crippen LogP contribution in [0.2, 0.25) is 5.02 Å². The summed E-state index contributed by atoms with van der Waals surface area (Å²) in [5, 5.41) is 3.21. The number of amides is 1. The number of hydrogen-bond donors (Lipinski definition) is 1. The van der Waals surface area contributed by atoms with Crippen LogP contribution in [-0.4, -0.2) is 33.5 Å². The molecule has 0 aliphatic heterocycles. The maximum Gasteiger partial charge on any atom is 0.264 e. The Morgan fingerprint density at radius 2 is 1.56 bits per heavy atom. The van der Waals surface area contributed by atoms with E-state index in [1.165, 1.54) is 12.1 Å². The minimum atomic E-state index is -4.02. The van der Waals surface area contributed by atoms with Crippen LogP contribution in [-0.2, 0) is 14.8 Å². The highest BCUT2D eigenvalue weighted by Crippen LogP contribution is 2.29. The van der Waals surface area contributed by atoms with Gasteiger partial charge in [-0.05, 0) is 69.7 Å². The number of benzene rings is 3. The summed E-state index contributed by atoms with van der Waals surface area (Å²) in [6.45, 7) is 7.30. The fourth-order valence-corrected chi connectivity index (χ4v) is 4.98. The van der Waals surface area contributed by atoms with Gasteiger partial charge in [0.2, 0.25) is 5.91 Å². The van der Waals surface area contributed by atoms with Crippen LogP contribution < -0.4 is 14.4 Å². The van der Waals surface area contributed by atoms with Crippen molar-refractivity contribution >= 4 is 33.2 Å². The average Bonchev–Trinajstić information content (AvgIpc) is 2.79. The molecule has 3 aromatic carbocycles. The molecule has 3 aromatic rings. The molecular formula is C26H29ClN2O4S. The summed E-state index contributed by atoms with van der Waals surface area (Å²) >= 11 is 6.17. The van der Waals surface area contributed by atoms with E-state index in [9.17, 15) is 13.2 Å². The van der Waals surface area contributed by atoms with Crippen LogP contribution in [0.3, 0.4) is 0 Å². The van der Waals surface area contributed by atoms with Crippen LogP contribution in [0.15, 0.2) is 71.6 Å². The van der Waals surface area contributed by atoms with E-state index < -0.39 is 22.5 Å². The van der Waals surface area contributed by atoms with Gasteiger partial charge in [0.25, 0.3) is 10.0 Å². The highest BCUT2D eigenvalue weighted by Gasteiger charge is 2.29. The second-order valence-corrected chi connectivity index (χ2v) is 10.6. The highest BCUT2D eigenvalue weighted by molar-refractivity contribution is 7.92. The predicted molar refractivity (Wildman–Crippen MR) is 136 cm³/mol. The van der Waals surface area contributed by atoms with E-state index >= 15 is 0 Å². The first kappa shape index (κ1) is 25.6. The first-order chi connectivity index (χ1) is 16.1. The Morgan fingerprint density at radius 3 is 2.18 bits per heavy atom. The Labute approximate surface area is 206 Å². The number of hydrogen-bond acceptors (Lipinski definition) is 4. The van der Waals surface area contributed by atoms with E-state index in [4.69, 9.17) is 16.3 Å². The normalized spacial score (nSPS) is 12.1. The van der Waals surface area contributed by atoms with E-state index in [2.05, 4.69) is 5.32 Å². The smallest absolute Gasteiger partial charge is 0.264 e. The molecule has 0 aromatic heterocycles. The molecule has 0 saturated carbocycles. The third-order valence-electron chi connectivity index (χ3n) is 5.26. The van der Waals surface area contributed by atoms with Crippen LogP contribution in [0, 0.1) is 20.8 Å². The quantitative estimate of drug-likeness (QED) is 0.446. The van der Waals surface area contributed by atoms with Crippen LogP contribution in [0.25, 0.3) is 0 Å². The molecule has 3 rings (SSSR count). The van der Waals surface area contributed by atoms with Crippen molar-refractivity contribution in [2.75, 3.05) is 17.5 Å². The molecule has 180 valence electrons. The summed E-state index contributed by atoms with van der Waals surface area (Å²) < 4.78 is 33.9. The van der Waals surface area contributed by atoms with Gasteiger partial charge in [-0.2, -0.15) is 0 Å². The average molecular weight is 501 g/mol. The minimum Gasteiger partial charge on any atom is -0.491 e. The van der Waals surface area contributed by atoms with Crippen molar-refractivity contribution < 1.29 is 17.9 Å². The van der Waals surface area contributed by atoms with Crippen molar-refractivity contribution in [3.05, 3.63) is 88.4 Å². The monoisotopic (exact) mass is 500 g/mol. The topological polar surface area (TPSA) is 75.7 Å². The molecule has 0 aliphatic carbocycles. The molecule has 1 unspecified atom stereocenters. The molecule has 0 bridgehead atoms. The zero-order valence-electron chi connectivity index (χ0n) is 19.7. The molecule has 0 radical (unpaired) electrons. The van der Waals surface area contributed by atoms with Gasteiger partial charge in [0, 0.05) is 5.02 Å². The van der Waals surface area contributed by atoms with E-state index in [1.54, 1.807) is 44.2 Å². The number of carbonyl (C=O) groups excluding carboxylic acids is 1. The Kier molecular flexibility index (Phi) is 8.23. The largest absolute Gasteiger partial charge is 0.491 e. The third-order valence-corrected chi connectivity index (χ3v) is 7.27. The predicted octanol–water partition coefficient (Wildman–Crippen LogP) is 5.04. The van der Waals surface area contributed by atoms with E-state index in [0.29, 0.717) is 22.0 Å². The number of sulfonamides is 1. The summed E-state index contributed by atoms with van der Waals surface area (Å²) in [5.74, 6) is 0.250. The molecule has 34 heavy (non-hydrogen) atoms. The number of carbonyl (C=O) groups is 1. The molecule has 0 aliphatic rings. The van der Waals surface area contributed by atoms with Gasteiger partial charge in [-0.3, -0.25) is 9.10 Å². The molecule has 8 heteroatoms. The summed E-state index contributed by atoms with van der Waals surface area (Å²) in [6, 6.07) is 18.8. The summed E-state index contributed by atoms with van der Waals surface area (Å²) in [7, 11) is -4.02. The number of aryl methyl sites for hydroxylation is 3. The zero-order valence-corrected chi connectivity index (χ0v) is 21.3. The second kappa shape index (κ2) is 10.9. The molecule has 0 heterocycles. The Morgan fingerprint density at radius 1 is 0.971 bits per heavy atom. The van der Waals surface area contributed by atoms with Crippen LogP contribution >= 0.6 is 11.6 Å². The lowest BCUT2D eigenvalue weighted by atomic mass is 10.2. The Balaban J connectivity index is 1.79. The summed E-state index contributed by atoms with van der Waals surface area (Å²) in [5.41, 5.74) is 3.10. The Bertz CT molecular complexity index is 1240. The van der Waals surface area contributed by atoms with E-state index in [0.717, 1.165) is 15.4 Å². The SMILES string of the molecule is Cc1ccc(OCC(C)NC(=O)CN(c2cc(Cl)ccc2C)S(=O)(=O)c2ccc(C)cc2)cc1. The van der Waals surface area contributed by atoms with Crippen molar-refractivity contribution in [2.24, 2.45) is 0 Å². The van der Waals surface area contributed by atoms with E-state index in [-0.39, 0.29) is 17.5 Å². The lowest BCUT2D eigenvalue weighted by Crippen LogP contribution is -2.45. The lowest BCUT2D eigenvalue weighted by Gasteiger charge is -2.26. The molecule has 0 saturated heterocycles. The molecule has 1 atom stereocenters. The molecule has 1 amide bonds. The van der Waals surface area contributed by atoms with Crippen molar-refractivity contribution in [1.29, 1.82) is 0 Å². The number of ether oxygens (including phenoxy) is 1. The third kappa shape index (κ3) is 6.52. The molecule has 0 fully saturated rings. The first-order valence-corrected chi connectivity index (χ1v) is 12.7. The number of halogens is 1. The van der Waals surface area contributed by atoms with Crippen molar-refractivity contribution in [3.8, 4) is 5.75 Å². The molecule has 6 nitrogen and oxygen atoms in total. The van der Waals surface area contributed by atoms with Crippen molar-refractivity contribution in [3.63, 3.8) is 0 Å². The van der Waals surface area contributed by atoms with Crippen molar-refractivity contribution in [2.45, 2.75) is 38.6 Å². The molecule has 0 spiro atoms. The first-order valence-electron chi connectivity index (χ1n) is 10.9. The van der Waals surface area contributed by atoms with E-state index in [1.807, 2.05) is 38.1 Å². The van der Waals surface area contributed by atoms with Crippen LogP contribution in [0.5, 0.6) is 5.75 Å². The van der Waals surface area contributed by atoms with Gasteiger partial charge in [-0.1, -0.05) is 53.1 Å². The van der Waals surface area contributed by atoms with Gasteiger partial charge < -0.3 is 10.1 Å². The minimum absolute atomic E-state index is 0.0982. The summed E-state index contributed by atoms with van der Waals surface area (Å²) in [4.78, 5) is 13.0. The summed E-state index contributed by atoms with van der Waals surface area (Å²) in [6.07, 6.45) is 0. The Hall–Kier alpha value is -3.03.